The van der Waals surface area contributed by atoms with Crippen LogP contribution in [0.15, 0.2) is 41.6 Å². The summed E-state index contributed by atoms with van der Waals surface area (Å²) < 4.78 is 26.8. The predicted molar refractivity (Wildman–Crippen MR) is 74.7 cm³/mol. The first-order valence-electron chi connectivity index (χ1n) is 6.36. The van der Waals surface area contributed by atoms with Crippen LogP contribution in [0.4, 0.5) is 0 Å². The molecule has 1 unspecified atom stereocenters. The van der Waals surface area contributed by atoms with E-state index in [0.29, 0.717) is 5.39 Å². The molecule has 1 saturated heterocycles. The minimum absolute atomic E-state index is 0.0367. The summed E-state index contributed by atoms with van der Waals surface area (Å²) in [6.45, 7) is 1.72. The summed E-state index contributed by atoms with van der Waals surface area (Å²) >= 11 is 0. The molecule has 2 heterocycles. The van der Waals surface area contributed by atoms with Gasteiger partial charge in [0, 0.05) is 35.6 Å². The number of carbonyl (C=O) groups excluding carboxylic acids is 1. The maximum atomic E-state index is 12.8. The van der Waals surface area contributed by atoms with E-state index in [2.05, 4.69) is 4.98 Å². The van der Waals surface area contributed by atoms with Gasteiger partial charge in [-0.25, -0.2) is 8.42 Å². The fourth-order valence-corrected chi connectivity index (χ4v) is 4.42. The molecule has 0 aliphatic carbocycles. The van der Waals surface area contributed by atoms with E-state index in [9.17, 15) is 13.2 Å². The molecule has 1 aromatic heterocycles. The number of ketones is 1. The van der Waals surface area contributed by atoms with Gasteiger partial charge in [-0.1, -0.05) is 12.1 Å². The van der Waals surface area contributed by atoms with Crippen molar-refractivity contribution in [2.75, 3.05) is 6.54 Å². The van der Waals surface area contributed by atoms with E-state index in [1.807, 2.05) is 6.07 Å². The van der Waals surface area contributed by atoms with Gasteiger partial charge >= 0.3 is 0 Å². The first kappa shape index (κ1) is 13.2. The third-order valence-electron chi connectivity index (χ3n) is 3.57. The Morgan fingerprint density at radius 1 is 1.30 bits per heavy atom. The van der Waals surface area contributed by atoms with Gasteiger partial charge in [-0.3, -0.25) is 9.78 Å². The molecule has 0 amide bonds. The Morgan fingerprint density at radius 3 is 2.80 bits per heavy atom. The van der Waals surface area contributed by atoms with E-state index < -0.39 is 10.0 Å². The van der Waals surface area contributed by atoms with Crippen LogP contribution < -0.4 is 0 Å². The number of rotatable bonds is 2. The van der Waals surface area contributed by atoms with Crippen LogP contribution in [0.25, 0.3) is 10.8 Å². The molecule has 0 bridgehead atoms. The zero-order chi connectivity index (χ0) is 14.3. The minimum Gasteiger partial charge on any atom is -0.298 e. The Labute approximate surface area is 117 Å². The van der Waals surface area contributed by atoms with E-state index >= 15 is 0 Å². The molecule has 5 nitrogen and oxygen atoms in total. The van der Waals surface area contributed by atoms with Crippen LogP contribution in [-0.4, -0.2) is 36.1 Å². The number of benzene rings is 1. The Kier molecular flexibility index (Phi) is 3.07. The smallest absolute Gasteiger partial charge is 0.244 e. The van der Waals surface area contributed by atoms with Crippen molar-refractivity contribution in [1.82, 2.24) is 9.29 Å². The number of Topliss-reactive ketones (excluding diaryl/α,β-unsaturated/α-hetero) is 1. The zero-order valence-electron chi connectivity index (χ0n) is 11.0. The van der Waals surface area contributed by atoms with Crippen LogP contribution >= 0.6 is 0 Å². The van der Waals surface area contributed by atoms with Gasteiger partial charge in [-0.2, -0.15) is 4.31 Å². The normalized spacial score (nSPS) is 20.6. The fraction of sp³-hybridized carbons (Fsp3) is 0.286. The first-order valence-corrected chi connectivity index (χ1v) is 7.80. The van der Waals surface area contributed by atoms with Gasteiger partial charge in [-0.15, -0.1) is 0 Å². The highest BCUT2D eigenvalue weighted by molar-refractivity contribution is 7.89. The molecular formula is C14H14N2O3S. The lowest BCUT2D eigenvalue weighted by atomic mass is 10.2. The summed E-state index contributed by atoms with van der Waals surface area (Å²) in [4.78, 5) is 15.7. The summed E-state index contributed by atoms with van der Waals surface area (Å²) in [5.74, 6) is -0.0389. The third-order valence-corrected chi connectivity index (χ3v) is 5.59. The van der Waals surface area contributed by atoms with Gasteiger partial charge < -0.3 is 0 Å². The van der Waals surface area contributed by atoms with E-state index in [1.54, 1.807) is 37.5 Å². The molecule has 0 N–H and O–H groups in total. The molecular weight excluding hydrogens is 276 g/mol. The van der Waals surface area contributed by atoms with Crippen molar-refractivity contribution in [1.29, 1.82) is 0 Å². The fourth-order valence-electron chi connectivity index (χ4n) is 2.59. The Morgan fingerprint density at radius 2 is 2.10 bits per heavy atom. The second-order valence-electron chi connectivity index (χ2n) is 5.00. The lowest BCUT2D eigenvalue weighted by Gasteiger charge is -2.20. The number of nitrogens with zero attached hydrogens (tertiary/aromatic N) is 2. The number of aromatic nitrogens is 1. The van der Waals surface area contributed by atoms with Crippen molar-refractivity contribution in [3.63, 3.8) is 0 Å². The Hall–Kier alpha value is -1.79. The average Bonchev–Trinajstić information content (AvgIpc) is 2.78. The monoisotopic (exact) mass is 290 g/mol. The van der Waals surface area contributed by atoms with Crippen molar-refractivity contribution in [3.05, 3.63) is 36.7 Å². The molecule has 20 heavy (non-hydrogen) atoms. The summed E-state index contributed by atoms with van der Waals surface area (Å²) in [7, 11) is -3.66. The molecule has 1 aliphatic rings. The minimum atomic E-state index is -3.66. The lowest BCUT2D eigenvalue weighted by Crippen LogP contribution is -2.34. The molecule has 1 atom stereocenters. The number of pyridine rings is 1. The van der Waals surface area contributed by atoms with Gasteiger partial charge in [0.15, 0.2) is 0 Å². The number of hydrogen-bond acceptors (Lipinski definition) is 4. The van der Waals surface area contributed by atoms with Crippen molar-refractivity contribution in [2.24, 2.45) is 0 Å². The topological polar surface area (TPSA) is 67.3 Å². The van der Waals surface area contributed by atoms with Crippen LogP contribution in [0.5, 0.6) is 0 Å². The lowest BCUT2D eigenvalue weighted by molar-refractivity contribution is -0.116. The second kappa shape index (κ2) is 4.64. The maximum absolute atomic E-state index is 12.8. The molecule has 1 fully saturated rings. The number of carbonyl (C=O) groups is 1. The van der Waals surface area contributed by atoms with Crippen molar-refractivity contribution >= 4 is 26.6 Å². The third kappa shape index (κ3) is 2.01. The molecule has 1 aromatic carbocycles. The van der Waals surface area contributed by atoms with E-state index in [4.69, 9.17) is 0 Å². The Bertz CT molecular complexity index is 781. The van der Waals surface area contributed by atoms with Gasteiger partial charge in [0.2, 0.25) is 10.0 Å². The SMILES string of the molecule is CC1CC(=O)CN1S(=O)(=O)c1cccc2cnccc12. The van der Waals surface area contributed by atoms with Gasteiger partial charge in [0.25, 0.3) is 0 Å². The highest BCUT2D eigenvalue weighted by atomic mass is 32.2. The molecule has 3 rings (SSSR count). The number of fused-ring (bicyclic) bond motifs is 1. The maximum Gasteiger partial charge on any atom is 0.244 e. The predicted octanol–water partition coefficient (Wildman–Crippen LogP) is 1.59. The average molecular weight is 290 g/mol. The van der Waals surface area contributed by atoms with E-state index in [-0.39, 0.29) is 29.7 Å². The highest BCUT2D eigenvalue weighted by Gasteiger charge is 2.37. The molecule has 0 radical (unpaired) electrons. The van der Waals surface area contributed by atoms with E-state index in [0.717, 1.165) is 5.39 Å². The van der Waals surface area contributed by atoms with Crippen LogP contribution in [0.3, 0.4) is 0 Å². The largest absolute Gasteiger partial charge is 0.298 e. The molecule has 0 saturated carbocycles. The molecule has 104 valence electrons. The van der Waals surface area contributed by atoms with Crippen LogP contribution in [0.1, 0.15) is 13.3 Å². The van der Waals surface area contributed by atoms with Gasteiger partial charge in [0.05, 0.1) is 11.4 Å². The number of hydrogen-bond donors (Lipinski definition) is 0. The quantitative estimate of drug-likeness (QED) is 0.842. The summed E-state index contributed by atoms with van der Waals surface area (Å²) in [5.41, 5.74) is 0. The summed E-state index contributed by atoms with van der Waals surface area (Å²) in [6, 6.07) is 6.49. The first-order chi connectivity index (χ1) is 9.50. The molecule has 1 aliphatic heterocycles. The molecule has 6 heteroatoms. The standard InChI is InChI=1S/C14H14N2O3S/c1-10-7-12(17)9-16(10)20(18,19)14-4-2-3-11-8-15-6-5-13(11)14/h2-6,8,10H,7,9H2,1H3. The second-order valence-corrected chi connectivity index (χ2v) is 6.85. The van der Waals surface area contributed by atoms with Crippen LogP contribution in [-0.2, 0) is 14.8 Å². The van der Waals surface area contributed by atoms with Crippen molar-refractivity contribution in [2.45, 2.75) is 24.3 Å². The zero-order valence-corrected chi connectivity index (χ0v) is 11.8. The van der Waals surface area contributed by atoms with Crippen molar-refractivity contribution in [3.8, 4) is 0 Å². The van der Waals surface area contributed by atoms with E-state index in [1.165, 1.54) is 4.31 Å². The highest BCUT2D eigenvalue weighted by Crippen LogP contribution is 2.29. The van der Waals surface area contributed by atoms with Gasteiger partial charge in [0.1, 0.15) is 5.78 Å². The van der Waals surface area contributed by atoms with Crippen LogP contribution in [0.2, 0.25) is 0 Å². The van der Waals surface area contributed by atoms with Crippen molar-refractivity contribution < 1.29 is 13.2 Å². The Balaban J connectivity index is 2.17. The van der Waals surface area contributed by atoms with Crippen LogP contribution in [0, 0.1) is 0 Å². The molecule has 0 spiro atoms. The number of sulfonamides is 1. The summed E-state index contributed by atoms with van der Waals surface area (Å²) in [5, 5.41) is 1.40. The molecule has 2 aromatic rings. The van der Waals surface area contributed by atoms with Gasteiger partial charge in [-0.05, 0) is 19.1 Å². The summed E-state index contributed by atoms with van der Waals surface area (Å²) in [6.07, 6.45) is 3.48.